The number of nitrogens with zero attached hydrogens (tertiary/aromatic N) is 1. The summed E-state index contributed by atoms with van der Waals surface area (Å²) in [6, 6.07) is 0. The van der Waals surface area contributed by atoms with Crippen molar-refractivity contribution in [2.24, 2.45) is 34.5 Å². The normalized spacial score (nSPS) is 41.8. The average Bonchev–Trinajstić information content (AvgIpc) is 3.04. The van der Waals surface area contributed by atoms with Crippen LogP contribution in [0.15, 0.2) is 11.6 Å². The maximum absolute atomic E-state index is 12.4. The minimum atomic E-state index is -0.840. The topological polar surface area (TPSA) is 74.3 Å². The monoisotopic (exact) mass is 489 g/mol. The first kappa shape index (κ1) is 25.4. The summed E-state index contributed by atoms with van der Waals surface area (Å²) in [5, 5.41) is 0. The zero-order chi connectivity index (χ0) is 25.4. The van der Waals surface area contributed by atoms with Gasteiger partial charge in [0.05, 0.1) is 0 Å². The van der Waals surface area contributed by atoms with E-state index in [9.17, 15) is 9.59 Å². The molecule has 0 aromatic heterocycles. The second-order valence-corrected chi connectivity index (χ2v) is 13.2. The Balaban J connectivity index is 1.28. The van der Waals surface area contributed by atoms with Crippen LogP contribution in [0.3, 0.4) is 0 Å². The van der Waals surface area contributed by atoms with E-state index in [0.29, 0.717) is 29.2 Å². The Morgan fingerprint density at radius 2 is 1.37 bits per heavy atom. The van der Waals surface area contributed by atoms with Crippen molar-refractivity contribution in [3.8, 4) is 0 Å². The number of carbonyl (C=O) groups excluding carboxylic acids is 2. The van der Waals surface area contributed by atoms with Crippen molar-refractivity contribution in [2.75, 3.05) is 6.54 Å². The van der Waals surface area contributed by atoms with E-state index < -0.39 is 6.29 Å². The average molecular weight is 490 g/mol. The predicted octanol–water partition coefficient (Wildman–Crippen LogP) is 5.34. The van der Waals surface area contributed by atoms with Crippen LogP contribution >= 0.6 is 0 Å². The van der Waals surface area contributed by atoms with Gasteiger partial charge in [-0.25, -0.2) is 19.6 Å². The van der Waals surface area contributed by atoms with E-state index in [-0.39, 0.29) is 46.8 Å². The molecule has 7 rings (SSSR count). The molecule has 7 nitrogen and oxygen atoms in total. The van der Waals surface area contributed by atoms with Crippen LogP contribution in [0, 0.1) is 34.5 Å². The lowest BCUT2D eigenvalue weighted by atomic mass is 9.43. The molecule has 0 saturated heterocycles. The second-order valence-electron chi connectivity index (χ2n) is 13.2. The molecule has 1 aliphatic heterocycles. The summed E-state index contributed by atoms with van der Waals surface area (Å²) >= 11 is 0. The lowest BCUT2D eigenvalue weighted by Gasteiger charge is -2.67. The molecule has 0 spiro atoms. The molecule has 6 atom stereocenters. The minimum Gasteiger partial charge on any atom is -0.275 e. The highest BCUT2D eigenvalue weighted by Gasteiger charge is 2.68. The number of carbonyl (C=O) groups is 2. The van der Waals surface area contributed by atoms with Gasteiger partial charge in [0.25, 0.3) is 11.8 Å². The maximum atomic E-state index is 12.4. The number of hydrogen-bond acceptors (Lipinski definition) is 6. The van der Waals surface area contributed by atoms with Crippen LogP contribution in [-0.2, 0) is 29.1 Å². The van der Waals surface area contributed by atoms with Crippen molar-refractivity contribution in [3.05, 3.63) is 11.6 Å². The SMILES string of the molecule is CC1=CC(=O)N(CCC(OOC23CC(CCC2C)C3(C)C)OOC23CC(CCC2C)C3(C)C)C1=O. The Morgan fingerprint density at radius 3 is 1.74 bits per heavy atom. The largest absolute Gasteiger partial charge is 0.275 e. The van der Waals surface area contributed by atoms with E-state index in [1.807, 2.05) is 0 Å². The van der Waals surface area contributed by atoms with Gasteiger partial charge in [0.2, 0.25) is 6.29 Å². The number of imide groups is 1. The van der Waals surface area contributed by atoms with Gasteiger partial charge in [0.1, 0.15) is 11.2 Å². The molecule has 6 saturated carbocycles. The highest BCUT2D eigenvalue weighted by Crippen LogP contribution is 2.67. The third-order valence-corrected chi connectivity index (χ3v) is 11.2. The van der Waals surface area contributed by atoms with Crippen molar-refractivity contribution in [3.63, 3.8) is 0 Å². The first-order valence-electron chi connectivity index (χ1n) is 13.6. The smallest absolute Gasteiger partial charge is 0.256 e. The van der Waals surface area contributed by atoms with Gasteiger partial charge in [-0.15, -0.1) is 0 Å². The third kappa shape index (κ3) is 3.52. The molecule has 0 N–H and O–H groups in total. The van der Waals surface area contributed by atoms with E-state index in [1.54, 1.807) is 6.92 Å². The number of hydrogen-bond donors (Lipinski definition) is 0. The Kier molecular flexibility index (Phi) is 6.07. The first-order valence-corrected chi connectivity index (χ1v) is 13.6. The lowest BCUT2D eigenvalue weighted by Crippen LogP contribution is -2.69. The standard InChI is InChI=1S/C28H43NO6/c1-17-14-22(30)29(24(17)31)13-12-23(32-34-27-15-20(25(27,4)5)10-8-18(27)2)33-35-28-16-21(26(28,6)7)11-9-19(28)3/h14,18-21,23H,8-13,15-16H2,1-7H3. The molecule has 4 bridgehead atoms. The molecule has 6 fully saturated rings. The fourth-order valence-electron chi connectivity index (χ4n) is 8.09. The summed E-state index contributed by atoms with van der Waals surface area (Å²) in [6.45, 7) is 15.4. The van der Waals surface area contributed by atoms with Crippen LogP contribution < -0.4 is 0 Å². The summed E-state index contributed by atoms with van der Waals surface area (Å²) in [5.41, 5.74) is -0.205. The molecule has 35 heavy (non-hydrogen) atoms. The van der Waals surface area contributed by atoms with Gasteiger partial charge in [-0.1, -0.05) is 41.5 Å². The summed E-state index contributed by atoms with van der Waals surface area (Å²) in [7, 11) is 0. The molecule has 0 aromatic rings. The molecule has 2 amide bonds. The molecule has 0 aromatic carbocycles. The van der Waals surface area contributed by atoms with Gasteiger partial charge in [0.15, 0.2) is 0 Å². The molecule has 6 unspecified atom stereocenters. The van der Waals surface area contributed by atoms with E-state index >= 15 is 0 Å². The van der Waals surface area contributed by atoms with E-state index in [1.165, 1.54) is 23.8 Å². The second kappa shape index (κ2) is 8.37. The highest BCUT2D eigenvalue weighted by atomic mass is 17.3. The zero-order valence-electron chi connectivity index (χ0n) is 22.5. The maximum Gasteiger partial charge on any atom is 0.256 e. The van der Waals surface area contributed by atoms with Crippen molar-refractivity contribution >= 4 is 11.8 Å². The van der Waals surface area contributed by atoms with Crippen molar-refractivity contribution < 1.29 is 29.1 Å². The van der Waals surface area contributed by atoms with Crippen molar-refractivity contribution in [2.45, 2.75) is 111 Å². The summed E-state index contributed by atoms with van der Waals surface area (Å²) in [4.78, 5) is 50.5. The Hall–Kier alpha value is -1.28. The van der Waals surface area contributed by atoms with Gasteiger partial charge >= 0.3 is 0 Å². The molecular formula is C28H43NO6. The van der Waals surface area contributed by atoms with Crippen molar-refractivity contribution in [1.82, 2.24) is 4.90 Å². The first-order chi connectivity index (χ1) is 16.4. The molecule has 6 aliphatic carbocycles. The molecule has 7 heteroatoms. The van der Waals surface area contributed by atoms with Crippen LogP contribution in [0.2, 0.25) is 0 Å². The summed E-state index contributed by atoms with van der Waals surface area (Å²) in [6.07, 6.45) is 7.48. The van der Waals surface area contributed by atoms with Crippen LogP contribution in [0.1, 0.15) is 93.4 Å². The fraction of sp³-hybridized carbons (Fsp3) is 0.857. The third-order valence-electron chi connectivity index (χ3n) is 11.2. The Morgan fingerprint density at radius 1 is 0.886 bits per heavy atom. The molecule has 7 aliphatic rings. The van der Waals surface area contributed by atoms with Crippen LogP contribution in [0.25, 0.3) is 0 Å². The summed E-state index contributed by atoms with van der Waals surface area (Å²) in [5.74, 6) is 1.48. The minimum absolute atomic E-state index is 0.0255. The zero-order valence-corrected chi connectivity index (χ0v) is 22.5. The van der Waals surface area contributed by atoms with Gasteiger partial charge < -0.3 is 0 Å². The molecule has 0 radical (unpaired) electrons. The Labute approximate surface area is 209 Å². The van der Waals surface area contributed by atoms with Gasteiger partial charge in [0, 0.05) is 35.4 Å². The van der Waals surface area contributed by atoms with Gasteiger partial charge in [-0.3, -0.25) is 14.5 Å². The number of amides is 2. The predicted molar refractivity (Wildman–Crippen MR) is 129 cm³/mol. The van der Waals surface area contributed by atoms with Crippen LogP contribution in [-0.4, -0.2) is 40.8 Å². The van der Waals surface area contributed by atoms with E-state index in [2.05, 4.69) is 41.5 Å². The van der Waals surface area contributed by atoms with Gasteiger partial charge in [-0.2, -0.15) is 0 Å². The van der Waals surface area contributed by atoms with E-state index in [0.717, 1.165) is 25.7 Å². The van der Waals surface area contributed by atoms with Crippen molar-refractivity contribution in [1.29, 1.82) is 0 Å². The Bertz CT molecular complexity index is 878. The van der Waals surface area contributed by atoms with Crippen LogP contribution in [0.5, 0.6) is 0 Å². The highest BCUT2D eigenvalue weighted by molar-refractivity contribution is 6.15. The summed E-state index contributed by atoms with van der Waals surface area (Å²) < 4.78 is 0. The lowest BCUT2D eigenvalue weighted by molar-refractivity contribution is -0.548. The van der Waals surface area contributed by atoms with E-state index in [4.69, 9.17) is 19.6 Å². The molecule has 196 valence electrons. The van der Waals surface area contributed by atoms with Gasteiger partial charge in [-0.05, 0) is 69.1 Å². The quantitative estimate of drug-likeness (QED) is 0.188. The number of fused-ring (bicyclic) bond motifs is 4. The number of rotatable bonds is 9. The fourth-order valence-corrected chi connectivity index (χ4v) is 8.09. The molecule has 1 heterocycles. The van der Waals surface area contributed by atoms with Crippen LogP contribution in [0.4, 0.5) is 0 Å². The molecular weight excluding hydrogens is 446 g/mol.